The summed E-state index contributed by atoms with van der Waals surface area (Å²) in [5.41, 5.74) is 0.178. The van der Waals surface area contributed by atoms with Crippen LogP contribution in [0.5, 0.6) is 0 Å². The van der Waals surface area contributed by atoms with Crippen molar-refractivity contribution in [3.63, 3.8) is 0 Å². The first kappa shape index (κ1) is 22.1. The van der Waals surface area contributed by atoms with Gasteiger partial charge in [0.05, 0.1) is 21.6 Å². The summed E-state index contributed by atoms with van der Waals surface area (Å²) in [6, 6.07) is 4.32. The molecule has 1 aliphatic heterocycles. The van der Waals surface area contributed by atoms with Crippen LogP contribution in [0.1, 0.15) is 56.3 Å². The van der Waals surface area contributed by atoms with Gasteiger partial charge in [0.2, 0.25) is 10.0 Å². The molecule has 1 fully saturated rings. The van der Waals surface area contributed by atoms with Crippen molar-refractivity contribution in [3.05, 3.63) is 28.8 Å². The molecule has 1 N–H and O–H groups in total. The normalized spacial score (nSPS) is 16.3. The van der Waals surface area contributed by atoms with Gasteiger partial charge in [-0.05, 0) is 51.3 Å². The molecule has 27 heavy (non-hydrogen) atoms. The first-order valence-corrected chi connectivity index (χ1v) is 11.3. The summed E-state index contributed by atoms with van der Waals surface area (Å²) in [5, 5.41) is 3.01. The van der Waals surface area contributed by atoms with Crippen molar-refractivity contribution in [1.29, 1.82) is 0 Å². The zero-order chi connectivity index (χ0) is 19.9. The second-order valence-corrected chi connectivity index (χ2v) is 9.33. The molecule has 0 unspecified atom stereocenters. The van der Waals surface area contributed by atoms with Crippen LogP contribution in [0.2, 0.25) is 5.02 Å². The highest BCUT2D eigenvalue weighted by Gasteiger charge is 2.26. The molecule has 1 saturated heterocycles. The average Bonchev–Trinajstić information content (AvgIpc) is 2.91. The van der Waals surface area contributed by atoms with E-state index in [2.05, 4.69) is 5.32 Å². The summed E-state index contributed by atoms with van der Waals surface area (Å²) in [6.07, 6.45) is 4.63. The molecule has 1 aliphatic rings. The lowest BCUT2D eigenvalue weighted by molar-refractivity contribution is 0.0757. The number of sulfonamides is 1. The largest absolute Gasteiger partial charge is 0.379 e. The van der Waals surface area contributed by atoms with E-state index in [0.717, 1.165) is 25.7 Å². The maximum absolute atomic E-state index is 12.9. The van der Waals surface area contributed by atoms with Crippen LogP contribution in [0.25, 0.3) is 0 Å². The molecule has 0 radical (unpaired) electrons. The lowest BCUT2D eigenvalue weighted by Crippen LogP contribution is -2.32. The van der Waals surface area contributed by atoms with Crippen LogP contribution in [-0.2, 0) is 14.8 Å². The van der Waals surface area contributed by atoms with Gasteiger partial charge < -0.3 is 10.1 Å². The maximum Gasteiger partial charge on any atom is 0.252 e. The van der Waals surface area contributed by atoms with Crippen LogP contribution in [-0.4, -0.2) is 51.0 Å². The van der Waals surface area contributed by atoms with Crippen LogP contribution < -0.4 is 5.32 Å². The molecule has 0 bridgehead atoms. The Morgan fingerprint density at radius 2 is 1.89 bits per heavy atom. The number of hydrogen-bond donors (Lipinski definition) is 1. The van der Waals surface area contributed by atoms with Crippen molar-refractivity contribution in [3.8, 4) is 0 Å². The van der Waals surface area contributed by atoms with E-state index in [4.69, 9.17) is 16.3 Å². The van der Waals surface area contributed by atoms with Crippen LogP contribution in [0.3, 0.4) is 0 Å². The Morgan fingerprint density at radius 1 is 1.22 bits per heavy atom. The molecule has 0 aliphatic carbocycles. The quantitative estimate of drug-likeness (QED) is 0.658. The van der Waals surface area contributed by atoms with Gasteiger partial charge in [-0.2, -0.15) is 4.31 Å². The average molecular weight is 417 g/mol. The molecule has 152 valence electrons. The molecular weight excluding hydrogens is 388 g/mol. The molecule has 0 atom stereocenters. The summed E-state index contributed by atoms with van der Waals surface area (Å²) >= 11 is 6.14. The van der Waals surface area contributed by atoms with Crippen molar-refractivity contribution in [1.82, 2.24) is 9.62 Å². The van der Waals surface area contributed by atoms with E-state index in [1.165, 1.54) is 22.5 Å². The Bertz CT molecular complexity index is 729. The Morgan fingerprint density at radius 3 is 2.52 bits per heavy atom. The number of amides is 1. The van der Waals surface area contributed by atoms with E-state index >= 15 is 0 Å². The summed E-state index contributed by atoms with van der Waals surface area (Å²) in [4.78, 5) is 12.5. The standard InChI is InChI=1S/C19H29ClN2O4S/c1-15(2)26-13-7-10-21-19(23)17-14-16(8-9-18(17)20)27(24,25)22-11-5-3-4-6-12-22/h8-9,14-15H,3-7,10-13H2,1-2H3,(H,21,23). The fourth-order valence-corrected chi connectivity index (χ4v) is 4.71. The first-order valence-electron chi connectivity index (χ1n) is 9.52. The summed E-state index contributed by atoms with van der Waals surface area (Å²) in [6.45, 7) is 5.92. The zero-order valence-electron chi connectivity index (χ0n) is 16.0. The van der Waals surface area contributed by atoms with Gasteiger partial charge in [0, 0.05) is 26.2 Å². The Hall–Kier alpha value is -1.15. The smallest absolute Gasteiger partial charge is 0.252 e. The van der Waals surface area contributed by atoms with Gasteiger partial charge in [-0.1, -0.05) is 24.4 Å². The number of rotatable bonds is 8. The highest BCUT2D eigenvalue weighted by Crippen LogP contribution is 2.25. The number of nitrogens with one attached hydrogen (secondary N) is 1. The fraction of sp³-hybridized carbons (Fsp3) is 0.632. The monoisotopic (exact) mass is 416 g/mol. The van der Waals surface area contributed by atoms with Crippen LogP contribution in [0.4, 0.5) is 0 Å². The second kappa shape index (κ2) is 10.4. The number of ether oxygens (including phenoxy) is 1. The predicted molar refractivity (Wildman–Crippen MR) is 107 cm³/mol. The van der Waals surface area contributed by atoms with Gasteiger partial charge in [-0.3, -0.25) is 4.79 Å². The number of hydrogen-bond acceptors (Lipinski definition) is 4. The number of nitrogens with zero attached hydrogens (tertiary/aromatic N) is 1. The van der Waals surface area contributed by atoms with Crippen molar-refractivity contribution in [2.75, 3.05) is 26.2 Å². The third-order valence-electron chi connectivity index (χ3n) is 4.44. The first-order chi connectivity index (χ1) is 12.8. The third-order valence-corrected chi connectivity index (χ3v) is 6.67. The lowest BCUT2D eigenvalue weighted by Gasteiger charge is -2.20. The van der Waals surface area contributed by atoms with Crippen molar-refractivity contribution in [2.45, 2.75) is 57.0 Å². The highest BCUT2D eigenvalue weighted by molar-refractivity contribution is 7.89. The van der Waals surface area contributed by atoms with Crippen molar-refractivity contribution >= 4 is 27.5 Å². The van der Waals surface area contributed by atoms with E-state index in [1.807, 2.05) is 13.8 Å². The summed E-state index contributed by atoms with van der Waals surface area (Å²) in [7, 11) is -3.62. The summed E-state index contributed by atoms with van der Waals surface area (Å²) in [5.74, 6) is -0.377. The van der Waals surface area contributed by atoms with Crippen LogP contribution in [0.15, 0.2) is 23.1 Å². The van der Waals surface area contributed by atoms with E-state index in [-0.39, 0.29) is 27.5 Å². The van der Waals surface area contributed by atoms with Gasteiger partial charge in [0.1, 0.15) is 0 Å². The maximum atomic E-state index is 12.9. The summed E-state index contributed by atoms with van der Waals surface area (Å²) < 4.78 is 32.8. The molecule has 1 aromatic rings. The van der Waals surface area contributed by atoms with Crippen LogP contribution in [0, 0.1) is 0 Å². The topological polar surface area (TPSA) is 75.7 Å². The Labute approximate surface area is 167 Å². The van der Waals surface area contributed by atoms with Crippen molar-refractivity contribution in [2.24, 2.45) is 0 Å². The highest BCUT2D eigenvalue weighted by atomic mass is 35.5. The molecule has 0 aromatic heterocycles. The van der Waals surface area contributed by atoms with Crippen LogP contribution >= 0.6 is 11.6 Å². The van der Waals surface area contributed by atoms with Crippen molar-refractivity contribution < 1.29 is 17.9 Å². The van der Waals surface area contributed by atoms with E-state index in [1.54, 1.807) is 0 Å². The fourth-order valence-electron chi connectivity index (χ4n) is 2.96. The van der Waals surface area contributed by atoms with Gasteiger partial charge in [0.25, 0.3) is 5.91 Å². The number of benzene rings is 1. The minimum atomic E-state index is -3.62. The van der Waals surface area contributed by atoms with Gasteiger partial charge in [-0.15, -0.1) is 0 Å². The second-order valence-electron chi connectivity index (χ2n) is 6.99. The molecule has 8 heteroatoms. The molecule has 1 aromatic carbocycles. The number of carbonyl (C=O) groups excluding carboxylic acids is 1. The number of halogens is 1. The Balaban J connectivity index is 2.07. The molecule has 0 spiro atoms. The third kappa shape index (κ3) is 6.45. The van der Waals surface area contributed by atoms with Gasteiger partial charge in [0.15, 0.2) is 0 Å². The molecule has 1 heterocycles. The molecule has 1 amide bonds. The van der Waals surface area contributed by atoms with E-state index in [9.17, 15) is 13.2 Å². The van der Waals surface area contributed by atoms with Gasteiger partial charge >= 0.3 is 0 Å². The van der Waals surface area contributed by atoms with Gasteiger partial charge in [-0.25, -0.2) is 8.42 Å². The molecule has 2 rings (SSSR count). The molecule has 0 saturated carbocycles. The minimum absolute atomic E-state index is 0.113. The number of carbonyl (C=O) groups is 1. The Kier molecular flexibility index (Phi) is 8.54. The molecule has 6 nitrogen and oxygen atoms in total. The molecular formula is C19H29ClN2O4S. The lowest BCUT2D eigenvalue weighted by atomic mass is 10.2. The van der Waals surface area contributed by atoms with E-state index < -0.39 is 10.0 Å². The minimum Gasteiger partial charge on any atom is -0.379 e. The SMILES string of the molecule is CC(C)OCCCNC(=O)c1cc(S(=O)(=O)N2CCCCCC2)ccc1Cl. The predicted octanol–water partition coefficient (Wildman–Crippen LogP) is 3.45. The zero-order valence-corrected chi connectivity index (χ0v) is 17.6. The van der Waals surface area contributed by atoms with E-state index in [0.29, 0.717) is 32.7 Å².